The van der Waals surface area contributed by atoms with Gasteiger partial charge in [-0.15, -0.1) is 0 Å². The summed E-state index contributed by atoms with van der Waals surface area (Å²) < 4.78 is 32.9. The van der Waals surface area contributed by atoms with Crippen LogP contribution in [0.3, 0.4) is 0 Å². The number of ether oxygens (including phenoxy) is 3. The first kappa shape index (κ1) is 21.1. The third-order valence-corrected chi connectivity index (χ3v) is 5.77. The Labute approximate surface area is 170 Å². The van der Waals surface area contributed by atoms with Gasteiger partial charge in [0.1, 0.15) is 24.7 Å². The molecule has 8 nitrogen and oxygen atoms in total. The molecule has 3 atom stereocenters. The molecule has 29 heavy (non-hydrogen) atoms. The molecule has 10 heteroatoms. The van der Waals surface area contributed by atoms with Gasteiger partial charge in [-0.3, -0.25) is 19.1 Å². The number of esters is 1. The molecule has 0 spiro atoms. The molecular weight excluding hydrogens is 403 g/mol. The van der Waals surface area contributed by atoms with Gasteiger partial charge in [0, 0.05) is 30.0 Å². The summed E-state index contributed by atoms with van der Waals surface area (Å²) in [4.78, 5) is 37.8. The largest absolute Gasteiger partial charge is 0.497 e. The van der Waals surface area contributed by atoms with Crippen LogP contribution in [0, 0.1) is 6.92 Å². The summed E-state index contributed by atoms with van der Waals surface area (Å²) in [5.41, 5.74) is -0.917. The van der Waals surface area contributed by atoms with Crippen LogP contribution in [-0.2, 0) is 14.3 Å². The molecule has 156 valence electrons. The molecule has 2 heterocycles. The number of nitrogens with one attached hydrogen (secondary N) is 1. The fourth-order valence-electron chi connectivity index (χ4n) is 2.98. The molecule has 1 aliphatic heterocycles. The summed E-state index contributed by atoms with van der Waals surface area (Å²) in [5, 5.41) is -1.97. The standard InChI is InChI=1S/C19H21FN2O6S/c1-11-9-22(18(25)21-17(11)24)16-8-19(20,15(28-16)10-27-12(2)23)29-14-6-4-13(26-3)5-7-14/h4-7,9,15-16H,8,10H2,1-3H3,(H,21,24,25)/t15-,16-,19+/m1/s1. The zero-order chi connectivity index (χ0) is 21.2. The lowest BCUT2D eigenvalue weighted by Crippen LogP contribution is -2.34. The number of nitrogens with zero attached hydrogens (tertiary/aromatic N) is 1. The van der Waals surface area contributed by atoms with Gasteiger partial charge in [0.05, 0.1) is 7.11 Å². The lowest BCUT2D eigenvalue weighted by atomic mass is 10.2. The first-order valence-electron chi connectivity index (χ1n) is 8.84. The van der Waals surface area contributed by atoms with Gasteiger partial charge in [-0.1, -0.05) is 11.8 Å². The summed E-state index contributed by atoms with van der Waals surface area (Å²) in [5.74, 6) is 0.0698. The number of thioether (sulfide) groups is 1. The SMILES string of the molecule is COc1ccc(S[C@@]2(F)C[C@H](n3cc(C)c(=O)[nH]c3=O)O[C@@H]2COC(C)=O)cc1. The number of alkyl halides is 1. The predicted octanol–water partition coefficient (Wildman–Crippen LogP) is 2.16. The molecule has 0 radical (unpaired) electrons. The van der Waals surface area contributed by atoms with Gasteiger partial charge in [0.15, 0.2) is 5.00 Å². The van der Waals surface area contributed by atoms with Gasteiger partial charge >= 0.3 is 11.7 Å². The van der Waals surface area contributed by atoms with Gasteiger partial charge in [0.25, 0.3) is 5.56 Å². The molecule has 1 aromatic heterocycles. The van der Waals surface area contributed by atoms with Crippen LogP contribution in [0.5, 0.6) is 5.75 Å². The maximum absolute atomic E-state index is 16.0. The van der Waals surface area contributed by atoms with Gasteiger partial charge < -0.3 is 14.2 Å². The number of aromatic amines is 1. The zero-order valence-electron chi connectivity index (χ0n) is 16.1. The Hall–Kier alpha value is -2.59. The maximum Gasteiger partial charge on any atom is 0.330 e. The topological polar surface area (TPSA) is 99.6 Å². The second-order valence-corrected chi connectivity index (χ2v) is 7.98. The van der Waals surface area contributed by atoms with Crippen molar-refractivity contribution in [2.75, 3.05) is 13.7 Å². The molecule has 3 rings (SSSR count). The number of rotatable bonds is 6. The number of methoxy groups -OCH3 is 1. The molecule has 0 aliphatic carbocycles. The first-order valence-corrected chi connectivity index (χ1v) is 9.66. The third kappa shape index (κ3) is 4.70. The average Bonchev–Trinajstić information content (AvgIpc) is 2.99. The van der Waals surface area contributed by atoms with Crippen LogP contribution in [0.2, 0.25) is 0 Å². The van der Waals surface area contributed by atoms with Crippen LogP contribution in [-0.4, -0.2) is 40.3 Å². The van der Waals surface area contributed by atoms with Gasteiger partial charge in [-0.05, 0) is 31.2 Å². The molecule has 1 aromatic carbocycles. The van der Waals surface area contributed by atoms with Crippen LogP contribution >= 0.6 is 11.8 Å². The molecule has 2 aromatic rings. The van der Waals surface area contributed by atoms with E-state index in [1.807, 2.05) is 0 Å². The first-order chi connectivity index (χ1) is 13.7. The summed E-state index contributed by atoms with van der Waals surface area (Å²) in [6.07, 6.45) is -0.920. The summed E-state index contributed by atoms with van der Waals surface area (Å²) in [7, 11) is 1.53. The number of H-pyrrole nitrogens is 1. The monoisotopic (exact) mass is 424 g/mol. The zero-order valence-corrected chi connectivity index (χ0v) is 17.0. The van der Waals surface area contributed by atoms with Crippen molar-refractivity contribution >= 4 is 17.7 Å². The number of carbonyl (C=O) groups excluding carboxylic acids is 1. The van der Waals surface area contributed by atoms with E-state index in [1.54, 1.807) is 24.3 Å². The Morgan fingerprint density at radius 3 is 2.69 bits per heavy atom. The second kappa shape index (κ2) is 8.42. The average molecular weight is 424 g/mol. The minimum Gasteiger partial charge on any atom is -0.497 e. The second-order valence-electron chi connectivity index (χ2n) is 6.63. The maximum atomic E-state index is 16.0. The lowest BCUT2D eigenvalue weighted by molar-refractivity contribution is -0.147. The summed E-state index contributed by atoms with van der Waals surface area (Å²) in [6, 6.07) is 6.82. The Balaban J connectivity index is 1.89. The van der Waals surface area contributed by atoms with Crippen molar-refractivity contribution in [2.24, 2.45) is 0 Å². The minimum absolute atomic E-state index is 0.180. The van der Waals surface area contributed by atoms with Gasteiger partial charge in [-0.2, -0.15) is 0 Å². The minimum atomic E-state index is -1.97. The van der Waals surface area contributed by atoms with Crippen LogP contribution in [0.15, 0.2) is 44.9 Å². The Bertz CT molecular complexity index is 1000. The molecule has 1 saturated heterocycles. The van der Waals surface area contributed by atoms with Crippen LogP contribution in [0.4, 0.5) is 4.39 Å². The van der Waals surface area contributed by atoms with E-state index >= 15 is 4.39 Å². The van der Waals surface area contributed by atoms with Crippen LogP contribution < -0.4 is 16.0 Å². The molecule has 1 N–H and O–H groups in total. The number of benzene rings is 1. The van der Waals surface area contributed by atoms with E-state index in [0.29, 0.717) is 16.2 Å². The number of halogens is 1. The van der Waals surface area contributed by atoms with E-state index in [1.165, 1.54) is 27.2 Å². The Kier molecular flexibility index (Phi) is 6.13. The number of hydrogen-bond acceptors (Lipinski definition) is 7. The smallest absolute Gasteiger partial charge is 0.330 e. The summed E-state index contributed by atoms with van der Waals surface area (Å²) >= 11 is 0.918. The molecule has 0 amide bonds. The van der Waals surface area contributed by atoms with Crippen molar-refractivity contribution < 1.29 is 23.4 Å². The van der Waals surface area contributed by atoms with E-state index in [0.717, 1.165) is 16.3 Å². The fraction of sp³-hybridized carbons (Fsp3) is 0.421. The highest BCUT2D eigenvalue weighted by Crippen LogP contribution is 2.49. The van der Waals surface area contributed by atoms with Crippen molar-refractivity contribution in [1.82, 2.24) is 9.55 Å². The molecule has 0 bridgehead atoms. The van der Waals surface area contributed by atoms with E-state index < -0.39 is 34.6 Å². The van der Waals surface area contributed by atoms with Gasteiger partial charge in [-0.25, -0.2) is 9.18 Å². The normalized spacial score (nSPS) is 23.7. The molecular formula is C19H21FN2O6S. The molecule has 0 saturated carbocycles. The van der Waals surface area contributed by atoms with Crippen molar-refractivity contribution in [1.29, 1.82) is 0 Å². The number of aromatic nitrogens is 2. The highest BCUT2D eigenvalue weighted by molar-refractivity contribution is 8.00. The lowest BCUT2D eigenvalue weighted by Gasteiger charge is -2.24. The predicted molar refractivity (Wildman–Crippen MR) is 104 cm³/mol. The van der Waals surface area contributed by atoms with E-state index in [-0.39, 0.29) is 13.0 Å². The van der Waals surface area contributed by atoms with E-state index in [2.05, 4.69) is 4.98 Å². The van der Waals surface area contributed by atoms with Crippen LogP contribution in [0.1, 0.15) is 25.1 Å². The molecule has 1 aliphatic rings. The van der Waals surface area contributed by atoms with Crippen molar-refractivity contribution in [2.45, 2.75) is 42.5 Å². The number of hydrogen-bond donors (Lipinski definition) is 1. The molecule has 1 fully saturated rings. The summed E-state index contributed by atoms with van der Waals surface area (Å²) in [6.45, 7) is 2.45. The van der Waals surface area contributed by atoms with E-state index in [4.69, 9.17) is 14.2 Å². The van der Waals surface area contributed by atoms with Crippen molar-refractivity contribution in [3.8, 4) is 5.75 Å². The number of carbonyl (C=O) groups is 1. The van der Waals surface area contributed by atoms with Crippen molar-refractivity contribution in [3.05, 3.63) is 56.9 Å². The fourth-order valence-corrected chi connectivity index (χ4v) is 4.12. The third-order valence-electron chi connectivity index (χ3n) is 4.50. The highest BCUT2D eigenvalue weighted by Gasteiger charge is 2.52. The number of aryl methyl sites for hydroxylation is 1. The van der Waals surface area contributed by atoms with Gasteiger partial charge in [0.2, 0.25) is 0 Å². The quantitative estimate of drug-likeness (QED) is 0.710. The Morgan fingerprint density at radius 1 is 1.38 bits per heavy atom. The van der Waals surface area contributed by atoms with Crippen LogP contribution in [0.25, 0.3) is 0 Å². The molecule has 0 unspecified atom stereocenters. The highest BCUT2D eigenvalue weighted by atomic mass is 32.2. The Morgan fingerprint density at radius 2 is 2.07 bits per heavy atom. The van der Waals surface area contributed by atoms with E-state index in [9.17, 15) is 14.4 Å². The van der Waals surface area contributed by atoms with Crippen molar-refractivity contribution in [3.63, 3.8) is 0 Å².